The van der Waals surface area contributed by atoms with Gasteiger partial charge in [0.25, 0.3) is 0 Å². The molecule has 2 aromatic rings. The molecule has 1 amide bonds. The molecule has 0 aliphatic heterocycles. The lowest BCUT2D eigenvalue weighted by molar-refractivity contribution is -0.122. The fourth-order valence-electron chi connectivity index (χ4n) is 2.09. The minimum Gasteiger partial charge on any atom is -0.495 e. The quantitative estimate of drug-likeness (QED) is 0.892. The first-order chi connectivity index (χ1) is 9.97. The van der Waals surface area contributed by atoms with Gasteiger partial charge >= 0.3 is 0 Å². The van der Waals surface area contributed by atoms with Crippen molar-refractivity contribution in [1.82, 2.24) is 0 Å². The molecule has 0 bridgehead atoms. The second-order valence-electron chi connectivity index (χ2n) is 4.82. The number of nitrogens with one attached hydrogen (secondary N) is 1. The van der Waals surface area contributed by atoms with Crippen molar-refractivity contribution in [1.29, 1.82) is 0 Å². The van der Waals surface area contributed by atoms with E-state index in [9.17, 15) is 4.79 Å². The summed E-state index contributed by atoms with van der Waals surface area (Å²) < 4.78 is 5.29. The molecule has 0 aliphatic rings. The lowest BCUT2D eigenvalue weighted by Gasteiger charge is -2.30. The number of rotatable bonds is 5. The van der Waals surface area contributed by atoms with Gasteiger partial charge in [-0.2, -0.15) is 0 Å². The Morgan fingerprint density at radius 1 is 1.24 bits per heavy atom. The molecular weight excluding hydrogens is 288 g/mol. The average molecular weight is 305 g/mol. The number of benzene rings is 2. The lowest BCUT2D eigenvalue weighted by Crippen LogP contribution is -2.45. The highest BCUT2D eigenvalue weighted by Gasteiger charge is 2.34. The molecule has 110 valence electrons. The van der Waals surface area contributed by atoms with Crippen LogP contribution < -0.4 is 15.8 Å². The number of amides is 1. The molecule has 2 rings (SSSR count). The predicted octanol–water partition coefficient (Wildman–Crippen LogP) is 3.16. The number of methoxy groups -OCH3 is 1. The third-order valence-electron chi connectivity index (χ3n) is 3.39. The summed E-state index contributed by atoms with van der Waals surface area (Å²) in [7, 11) is 1.57. The Bertz CT molecular complexity index is 660. The number of anilines is 1. The zero-order valence-electron chi connectivity index (χ0n) is 11.9. The first-order valence-corrected chi connectivity index (χ1v) is 6.82. The molecule has 0 saturated heterocycles. The molecule has 2 aromatic carbocycles. The van der Waals surface area contributed by atoms with Crippen LogP contribution in [0, 0.1) is 0 Å². The van der Waals surface area contributed by atoms with E-state index in [1.54, 1.807) is 38.3 Å². The molecule has 1 atom stereocenters. The Balaban J connectivity index is 2.46. The molecule has 0 heterocycles. The van der Waals surface area contributed by atoms with Gasteiger partial charge in [0, 0.05) is 5.02 Å². The van der Waals surface area contributed by atoms with E-state index in [0.717, 1.165) is 0 Å². The minimum absolute atomic E-state index is 0.504. The van der Waals surface area contributed by atoms with Crippen LogP contribution in [0.5, 0.6) is 5.75 Å². The fraction of sp³-hybridized carbons (Fsp3) is 0.188. The summed E-state index contributed by atoms with van der Waals surface area (Å²) in [4.78, 5) is 12.0. The largest absolute Gasteiger partial charge is 0.495 e. The van der Waals surface area contributed by atoms with Gasteiger partial charge in [0.15, 0.2) is 0 Å². The van der Waals surface area contributed by atoms with Gasteiger partial charge in [-0.05, 0) is 36.8 Å². The Morgan fingerprint density at radius 3 is 2.57 bits per heavy atom. The van der Waals surface area contributed by atoms with Crippen LogP contribution in [0.2, 0.25) is 5.02 Å². The van der Waals surface area contributed by atoms with E-state index >= 15 is 0 Å². The molecule has 0 aromatic heterocycles. The van der Waals surface area contributed by atoms with E-state index in [-0.39, 0.29) is 0 Å². The van der Waals surface area contributed by atoms with Gasteiger partial charge in [-0.1, -0.05) is 35.9 Å². The maximum atomic E-state index is 12.0. The van der Waals surface area contributed by atoms with E-state index in [1.807, 2.05) is 24.3 Å². The van der Waals surface area contributed by atoms with Crippen LogP contribution in [0.4, 0.5) is 5.69 Å². The first kappa shape index (κ1) is 15.2. The highest BCUT2D eigenvalue weighted by Crippen LogP contribution is 2.32. The van der Waals surface area contributed by atoms with Crippen molar-refractivity contribution in [3.8, 4) is 5.75 Å². The third kappa shape index (κ3) is 3.11. The lowest BCUT2D eigenvalue weighted by atomic mass is 9.90. The van der Waals surface area contributed by atoms with E-state index < -0.39 is 11.4 Å². The Kier molecular flexibility index (Phi) is 4.38. The number of para-hydroxylation sites is 2. The van der Waals surface area contributed by atoms with Crippen LogP contribution in [0.15, 0.2) is 48.5 Å². The van der Waals surface area contributed by atoms with Crippen molar-refractivity contribution in [2.75, 3.05) is 12.4 Å². The normalized spacial score (nSPS) is 13.3. The molecule has 0 spiro atoms. The summed E-state index contributed by atoms with van der Waals surface area (Å²) in [5.74, 6) is 0.127. The number of primary amides is 1. The highest BCUT2D eigenvalue weighted by atomic mass is 35.5. The van der Waals surface area contributed by atoms with E-state index in [2.05, 4.69) is 5.32 Å². The third-order valence-corrected chi connectivity index (χ3v) is 3.62. The molecule has 0 fully saturated rings. The number of hydrogen-bond donors (Lipinski definition) is 2. The van der Waals surface area contributed by atoms with Crippen molar-refractivity contribution in [2.24, 2.45) is 5.73 Å². The maximum Gasteiger partial charge on any atom is 0.247 e. The SMILES string of the molecule is COc1ccccc1NC(C)(C(N)=O)c1cccc(Cl)c1. The van der Waals surface area contributed by atoms with Gasteiger partial charge in [0.05, 0.1) is 12.8 Å². The van der Waals surface area contributed by atoms with Gasteiger partial charge in [-0.15, -0.1) is 0 Å². The summed E-state index contributed by atoms with van der Waals surface area (Å²) in [6.45, 7) is 1.72. The van der Waals surface area contributed by atoms with Crippen molar-refractivity contribution in [3.05, 3.63) is 59.1 Å². The number of nitrogens with two attached hydrogens (primary N) is 1. The smallest absolute Gasteiger partial charge is 0.247 e. The van der Waals surface area contributed by atoms with Gasteiger partial charge in [0.2, 0.25) is 5.91 Å². The van der Waals surface area contributed by atoms with Gasteiger partial charge in [0.1, 0.15) is 11.3 Å². The van der Waals surface area contributed by atoms with Crippen molar-refractivity contribution in [3.63, 3.8) is 0 Å². The molecule has 3 N–H and O–H groups in total. The summed E-state index contributed by atoms with van der Waals surface area (Å²) >= 11 is 6.01. The predicted molar refractivity (Wildman–Crippen MR) is 84.6 cm³/mol. The van der Waals surface area contributed by atoms with E-state index in [4.69, 9.17) is 22.1 Å². The van der Waals surface area contributed by atoms with Crippen LogP contribution in [0.25, 0.3) is 0 Å². The summed E-state index contributed by atoms with van der Waals surface area (Å²) in [6.07, 6.45) is 0. The zero-order chi connectivity index (χ0) is 15.5. The molecular formula is C16H17ClN2O2. The summed E-state index contributed by atoms with van der Waals surface area (Å²) in [5, 5.41) is 3.70. The molecule has 4 nitrogen and oxygen atoms in total. The van der Waals surface area contributed by atoms with Crippen LogP contribution in [0.1, 0.15) is 12.5 Å². The highest BCUT2D eigenvalue weighted by molar-refractivity contribution is 6.30. The average Bonchev–Trinajstić information content (AvgIpc) is 2.47. The monoisotopic (exact) mass is 304 g/mol. The first-order valence-electron chi connectivity index (χ1n) is 6.44. The number of halogens is 1. The number of ether oxygens (including phenoxy) is 1. The standard InChI is InChI=1S/C16H17ClN2O2/c1-16(15(18)20,11-6-5-7-12(17)10-11)19-13-8-3-4-9-14(13)21-2/h3-10,19H,1-2H3,(H2,18,20). The van der Waals surface area contributed by atoms with Crippen molar-refractivity contribution >= 4 is 23.2 Å². The van der Waals surface area contributed by atoms with Gasteiger partial charge in [-0.3, -0.25) is 4.79 Å². The Hall–Kier alpha value is -2.20. The van der Waals surface area contributed by atoms with E-state index in [0.29, 0.717) is 22.0 Å². The second kappa shape index (κ2) is 6.06. The fourth-order valence-corrected chi connectivity index (χ4v) is 2.28. The number of carbonyl (C=O) groups is 1. The number of hydrogen-bond acceptors (Lipinski definition) is 3. The summed E-state index contributed by atoms with van der Waals surface area (Å²) in [5.41, 5.74) is 5.88. The van der Waals surface area contributed by atoms with Crippen LogP contribution in [-0.2, 0) is 10.3 Å². The topological polar surface area (TPSA) is 64.3 Å². The second-order valence-corrected chi connectivity index (χ2v) is 5.26. The van der Waals surface area contributed by atoms with Crippen LogP contribution in [0.3, 0.4) is 0 Å². The molecule has 1 unspecified atom stereocenters. The van der Waals surface area contributed by atoms with Gasteiger partial charge in [-0.25, -0.2) is 0 Å². The van der Waals surface area contributed by atoms with Crippen molar-refractivity contribution < 1.29 is 9.53 Å². The van der Waals surface area contributed by atoms with Crippen LogP contribution in [-0.4, -0.2) is 13.0 Å². The molecule has 0 saturated carbocycles. The Labute approximate surface area is 128 Å². The zero-order valence-corrected chi connectivity index (χ0v) is 12.6. The molecule has 0 radical (unpaired) electrons. The maximum absolute atomic E-state index is 12.0. The molecule has 21 heavy (non-hydrogen) atoms. The van der Waals surface area contributed by atoms with E-state index in [1.165, 1.54) is 0 Å². The minimum atomic E-state index is -1.10. The Morgan fingerprint density at radius 2 is 1.95 bits per heavy atom. The number of carbonyl (C=O) groups excluding carboxylic acids is 1. The molecule has 0 aliphatic carbocycles. The summed E-state index contributed by atoms with van der Waals surface area (Å²) in [6, 6.07) is 14.4. The van der Waals surface area contributed by atoms with Crippen LogP contribution >= 0.6 is 11.6 Å². The molecule has 5 heteroatoms. The van der Waals surface area contributed by atoms with Crippen molar-refractivity contribution in [2.45, 2.75) is 12.5 Å². The van der Waals surface area contributed by atoms with Gasteiger partial charge < -0.3 is 15.8 Å².